The van der Waals surface area contributed by atoms with E-state index in [-0.39, 0.29) is 10.6 Å². The third-order valence-electron chi connectivity index (χ3n) is 4.51. The standard InChI is InChI=1S/C20H26FN3O3S/c1-6-24(9-10-27-5)19-12-15(3)18(11-16(19)4)23-22-17-8-7-14(2)20(13-17)28(21,25)26/h7-8,11-13H,6,9-10H2,1-5H3/b23-22+. The average molecular weight is 408 g/mol. The summed E-state index contributed by atoms with van der Waals surface area (Å²) < 4.78 is 41.0. The molecule has 0 atom stereocenters. The van der Waals surface area contributed by atoms with Crippen molar-refractivity contribution >= 4 is 27.3 Å². The molecule has 28 heavy (non-hydrogen) atoms. The highest BCUT2D eigenvalue weighted by atomic mass is 32.3. The molecule has 0 spiro atoms. The number of methoxy groups -OCH3 is 1. The van der Waals surface area contributed by atoms with Crippen molar-refractivity contribution in [3.05, 3.63) is 47.0 Å². The van der Waals surface area contributed by atoms with Crippen molar-refractivity contribution in [2.45, 2.75) is 32.6 Å². The van der Waals surface area contributed by atoms with Crippen LogP contribution in [0, 0.1) is 20.8 Å². The van der Waals surface area contributed by atoms with Crippen molar-refractivity contribution < 1.29 is 17.0 Å². The lowest BCUT2D eigenvalue weighted by Crippen LogP contribution is -2.27. The van der Waals surface area contributed by atoms with Crippen molar-refractivity contribution in [2.24, 2.45) is 10.2 Å². The van der Waals surface area contributed by atoms with Crippen LogP contribution in [0.5, 0.6) is 0 Å². The molecule has 0 N–H and O–H groups in total. The van der Waals surface area contributed by atoms with Gasteiger partial charge in [0.15, 0.2) is 0 Å². The number of nitrogens with zero attached hydrogens (tertiary/aromatic N) is 3. The SMILES string of the molecule is CCN(CCOC)c1cc(C)c(/N=N/c2ccc(C)c(S(=O)(=O)F)c2)cc1C. The van der Waals surface area contributed by atoms with E-state index in [1.54, 1.807) is 13.2 Å². The molecule has 0 saturated carbocycles. The number of anilines is 1. The number of ether oxygens (including phenoxy) is 1. The number of halogens is 1. The lowest BCUT2D eigenvalue weighted by molar-refractivity contribution is 0.205. The van der Waals surface area contributed by atoms with Gasteiger partial charge >= 0.3 is 10.2 Å². The molecule has 0 radical (unpaired) electrons. The number of hydrogen-bond donors (Lipinski definition) is 0. The third kappa shape index (κ3) is 5.36. The molecule has 0 aromatic heterocycles. The minimum Gasteiger partial charge on any atom is -0.383 e. The highest BCUT2D eigenvalue weighted by Gasteiger charge is 2.16. The van der Waals surface area contributed by atoms with Gasteiger partial charge in [-0.15, -0.1) is 3.89 Å². The molecule has 0 amide bonds. The Hall–Kier alpha value is -2.32. The predicted molar refractivity (Wildman–Crippen MR) is 109 cm³/mol. The molecule has 6 nitrogen and oxygen atoms in total. The normalized spacial score (nSPS) is 11.9. The molecule has 8 heteroatoms. The third-order valence-corrected chi connectivity index (χ3v) is 5.48. The maximum atomic E-state index is 13.4. The fourth-order valence-electron chi connectivity index (χ4n) is 2.91. The van der Waals surface area contributed by atoms with Crippen LogP contribution >= 0.6 is 0 Å². The van der Waals surface area contributed by atoms with E-state index in [0.717, 1.165) is 29.9 Å². The van der Waals surface area contributed by atoms with Crippen molar-refractivity contribution in [3.8, 4) is 0 Å². The van der Waals surface area contributed by atoms with E-state index >= 15 is 0 Å². The summed E-state index contributed by atoms with van der Waals surface area (Å²) in [6.45, 7) is 9.85. The lowest BCUT2D eigenvalue weighted by atomic mass is 10.1. The summed E-state index contributed by atoms with van der Waals surface area (Å²) in [5.74, 6) is 0. The van der Waals surface area contributed by atoms with Crippen LogP contribution < -0.4 is 4.90 Å². The van der Waals surface area contributed by atoms with Gasteiger partial charge in [0.05, 0.1) is 18.0 Å². The number of likely N-dealkylation sites (N-methyl/N-ethyl adjacent to an activating group) is 1. The fourth-order valence-corrected chi connectivity index (χ4v) is 3.62. The van der Waals surface area contributed by atoms with E-state index < -0.39 is 10.2 Å². The van der Waals surface area contributed by atoms with Crippen molar-refractivity contribution in [3.63, 3.8) is 0 Å². The molecular weight excluding hydrogens is 381 g/mol. The Morgan fingerprint density at radius 1 is 1.04 bits per heavy atom. The Balaban J connectivity index is 2.34. The highest BCUT2D eigenvalue weighted by molar-refractivity contribution is 7.86. The number of benzene rings is 2. The zero-order chi connectivity index (χ0) is 20.9. The first kappa shape index (κ1) is 22.0. The molecule has 152 valence electrons. The molecule has 0 aliphatic carbocycles. The minimum atomic E-state index is -4.80. The van der Waals surface area contributed by atoms with Crippen LogP contribution in [0.4, 0.5) is 20.9 Å². The second kappa shape index (κ2) is 9.25. The van der Waals surface area contributed by atoms with E-state index in [1.165, 1.54) is 19.1 Å². The van der Waals surface area contributed by atoms with Crippen LogP contribution in [0.3, 0.4) is 0 Å². The maximum absolute atomic E-state index is 13.4. The molecule has 2 aromatic carbocycles. The summed E-state index contributed by atoms with van der Waals surface area (Å²) >= 11 is 0. The monoisotopic (exact) mass is 407 g/mol. The van der Waals surface area contributed by atoms with Crippen molar-refractivity contribution in [1.82, 2.24) is 0 Å². The van der Waals surface area contributed by atoms with Gasteiger partial charge in [-0.3, -0.25) is 0 Å². The Morgan fingerprint density at radius 2 is 1.75 bits per heavy atom. The van der Waals surface area contributed by atoms with Gasteiger partial charge in [-0.2, -0.15) is 18.6 Å². The molecule has 0 aliphatic rings. The average Bonchev–Trinajstić information content (AvgIpc) is 2.63. The van der Waals surface area contributed by atoms with Gasteiger partial charge in [0.25, 0.3) is 0 Å². The van der Waals surface area contributed by atoms with Gasteiger partial charge in [-0.25, -0.2) is 0 Å². The molecule has 0 heterocycles. The van der Waals surface area contributed by atoms with Gasteiger partial charge in [-0.1, -0.05) is 6.07 Å². The van der Waals surface area contributed by atoms with Crippen LogP contribution in [0.25, 0.3) is 0 Å². The number of rotatable bonds is 8. The minimum absolute atomic E-state index is 0.276. The second-order valence-electron chi connectivity index (χ2n) is 6.59. The highest BCUT2D eigenvalue weighted by Crippen LogP contribution is 2.31. The Kier molecular flexibility index (Phi) is 7.26. The molecule has 0 bridgehead atoms. The quantitative estimate of drug-likeness (QED) is 0.448. The zero-order valence-corrected chi connectivity index (χ0v) is 17.7. The van der Waals surface area contributed by atoms with E-state index in [1.807, 2.05) is 19.9 Å². The summed E-state index contributed by atoms with van der Waals surface area (Å²) in [5.41, 5.74) is 4.37. The molecule has 0 aliphatic heterocycles. The first-order chi connectivity index (χ1) is 13.2. The topological polar surface area (TPSA) is 71.3 Å². The van der Waals surface area contributed by atoms with Crippen LogP contribution in [-0.2, 0) is 15.0 Å². The van der Waals surface area contributed by atoms with Crippen molar-refractivity contribution in [2.75, 3.05) is 31.7 Å². The summed E-state index contributed by atoms with van der Waals surface area (Å²) in [5, 5.41) is 8.34. The molecule has 0 saturated heterocycles. The first-order valence-corrected chi connectivity index (χ1v) is 10.4. The zero-order valence-electron chi connectivity index (χ0n) is 16.9. The van der Waals surface area contributed by atoms with Gasteiger partial charge < -0.3 is 9.64 Å². The molecule has 0 unspecified atom stereocenters. The molecule has 0 fully saturated rings. The number of azo groups is 1. The Labute approximate surface area is 166 Å². The summed E-state index contributed by atoms with van der Waals surface area (Å²) in [4.78, 5) is 1.84. The first-order valence-electron chi connectivity index (χ1n) is 8.99. The second-order valence-corrected chi connectivity index (χ2v) is 7.90. The Morgan fingerprint density at radius 3 is 2.36 bits per heavy atom. The van der Waals surface area contributed by atoms with E-state index in [2.05, 4.69) is 28.1 Å². The van der Waals surface area contributed by atoms with Gasteiger partial charge in [0, 0.05) is 25.9 Å². The summed E-state index contributed by atoms with van der Waals surface area (Å²) in [7, 11) is -3.12. The van der Waals surface area contributed by atoms with Gasteiger partial charge in [0.2, 0.25) is 0 Å². The van der Waals surface area contributed by atoms with Crippen LogP contribution in [-0.4, -0.2) is 35.2 Å². The van der Waals surface area contributed by atoms with Crippen LogP contribution in [0.15, 0.2) is 45.5 Å². The summed E-state index contributed by atoms with van der Waals surface area (Å²) in [6, 6.07) is 8.29. The van der Waals surface area contributed by atoms with Crippen molar-refractivity contribution in [1.29, 1.82) is 0 Å². The predicted octanol–water partition coefficient (Wildman–Crippen LogP) is 5.16. The molecular formula is C20H26FN3O3S. The maximum Gasteiger partial charge on any atom is 0.332 e. The van der Waals surface area contributed by atoms with Crippen LogP contribution in [0.1, 0.15) is 23.6 Å². The number of aryl methyl sites for hydroxylation is 3. The van der Waals surface area contributed by atoms with E-state index in [9.17, 15) is 12.3 Å². The van der Waals surface area contributed by atoms with E-state index in [4.69, 9.17) is 4.74 Å². The lowest BCUT2D eigenvalue weighted by Gasteiger charge is -2.25. The van der Waals surface area contributed by atoms with Gasteiger partial charge in [0.1, 0.15) is 4.90 Å². The molecule has 2 aromatic rings. The molecule has 2 rings (SSSR count). The van der Waals surface area contributed by atoms with Gasteiger partial charge in [-0.05, 0) is 68.7 Å². The van der Waals surface area contributed by atoms with E-state index in [0.29, 0.717) is 17.9 Å². The van der Waals surface area contributed by atoms with Crippen LogP contribution in [0.2, 0.25) is 0 Å². The smallest absolute Gasteiger partial charge is 0.332 e. The summed E-state index contributed by atoms with van der Waals surface area (Å²) in [6.07, 6.45) is 0. The fraction of sp³-hybridized carbons (Fsp3) is 0.400. The largest absolute Gasteiger partial charge is 0.383 e. The Bertz CT molecular complexity index is 975. The number of hydrogen-bond acceptors (Lipinski definition) is 6.